The molecule has 6 heteroatoms. The number of rotatable bonds is 6. The van der Waals surface area contributed by atoms with Crippen LogP contribution in [0.15, 0.2) is 18.3 Å². The molecule has 1 aromatic heterocycles. The van der Waals surface area contributed by atoms with E-state index >= 15 is 0 Å². The third kappa shape index (κ3) is 5.09. The minimum Gasteiger partial charge on any atom is -0.370 e. The monoisotopic (exact) mass is 297 g/mol. The van der Waals surface area contributed by atoms with E-state index in [4.69, 9.17) is 0 Å². The normalized spacial score (nSPS) is 20.2. The van der Waals surface area contributed by atoms with Crippen molar-refractivity contribution in [1.82, 2.24) is 9.88 Å². The lowest BCUT2D eigenvalue weighted by atomic mass is 10.1. The highest BCUT2D eigenvalue weighted by molar-refractivity contribution is 7.90. The highest BCUT2D eigenvalue weighted by atomic mass is 32.2. The van der Waals surface area contributed by atoms with Crippen LogP contribution in [0.25, 0.3) is 0 Å². The van der Waals surface area contributed by atoms with Gasteiger partial charge in [-0.15, -0.1) is 0 Å². The molecule has 1 fully saturated rings. The standard InChI is InChI=1S/C14H23N3O2S/c1-12-3-4-14(15-9-12)16-10-13-5-6-17(11-13)7-8-20(2,18)19/h3-4,9,13H,5-8,10-11H2,1-2H3,(H,15,16)/t13-/m0/s1. The van der Waals surface area contributed by atoms with Gasteiger partial charge < -0.3 is 10.2 Å². The first-order valence-corrected chi connectivity index (χ1v) is 9.05. The van der Waals surface area contributed by atoms with Gasteiger partial charge in [0.25, 0.3) is 0 Å². The second kappa shape index (κ2) is 6.54. The van der Waals surface area contributed by atoms with Crippen LogP contribution >= 0.6 is 0 Å². The number of aromatic nitrogens is 1. The summed E-state index contributed by atoms with van der Waals surface area (Å²) in [6, 6.07) is 4.04. The fourth-order valence-corrected chi connectivity index (χ4v) is 2.99. The minimum absolute atomic E-state index is 0.257. The van der Waals surface area contributed by atoms with E-state index in [1.165, 1.54) is 6.26 Å². The first-order valence-electron chi connectivity index (χ1n) is 6.99. The van der Waals surface area contributed by atoms with Crippen molar-refractivity contribution >= 4 is 15.7 Å². The largest absolute Gasteiger partial charge is 0.370 e. The fourth-order valence-electron chi connectivity index (χ4n) is 2.40. The zero-order valence-electron chi connectivity index (χ0n) is 12.2. The smallest absolute Gasteiger partial charge is 0.148 e. The number of nitrogens with zero attached hydrogens (tertiary/aromatic N) is 2. The van der Waals surface area contributed by atoms with E-state index < -0.39 is 9.84 Å². The van der Waals surface area contributed by atoms with E-state index in [9.17, 15) is 8.42 Å². The van der Waals surface area contributed by atoms with Crippen LogP contribution in [0.2, 0.25) is 0 Å². The van der Waals surface area contributed by atoms with E-state index in [0.29, 0.717) is 12.5 Å². The Balaban J connectivity index is 1.72. The molecule has 0 bridgehead atoms. The van der Waals surface area contributed by atoms with Crippen molar-refractivity contribution in [3.05, 3.63) is 23.9 Å². The van der Waals surface area contributed by atoms with E-state index in [1.54, 1.807) is 0 Å². The molecular weight excluding hydrogens is 274 g/mol. The molecule has 1 N–H and O–H groups in total. The Labute approximate surface area is 121 Å². The van der Waals surface area contributed by atoms with Crippen molar-refractivity contribution < 1.29 is 8.42 Å². The van der Waals surface area contributed by atoms with Gasteiger partial charge in [0.1, 0.15) is 15.7 Å². The van der Waals surface area contributed by atoms with Gasteiger partial charge in [-0.1, -0.05) is 6.07 Å². The van der Waals surface area contributed by atoms with E-state index in [2.05, 4.69) is 15.2 Å². The zero-order valence-corrected chi connectivity index (χ0v) is 13.0. The van der Waals surface area contributed by atoms with Crippen LogP contribution < -0.4 is 5.32 Å². The summed E-state index contributed by atoms with van der Waals surface area (Å²) in [7, 11) is -2.86. The van der Waals surface area contributed by atoms with Crippen molar-refractivity contribution in [3.63, 3.8) is 0 Å². The van der Waals surface area contributed by atoms with Crippen LogP contribution in [0.1, 0.15) is 12.0 Å². The molecule has 1 saturated heterocycles. The van der Waals surface area contributed by atoms with Gasteiger partial charge in [-0.25, -0.2) is 13.4 Å². The van der Waals surface area contributed by atoms with Gasteiger partial charge in [0.2, 0.25) is 0 Å². The van der Waals surface area contributed by atoms with Crippen LogP contribution in [0.3, 0.4) is 0 Å². The summed E-state index contributed by atoms with van der Waals surface area (Å²) in [6.45, 7) is 5.52. The third-order valence-corrected chi connectivity index (χ3v) is 4.56. The van der Waals surface area contributed by atoms with Gasteiger partial charge >= 0.3 is 0 Å². The van der Waals surface area contributed by atoms with Crippen molar-refractivity contribution in [2.45, 2.75) is 13.3 Å². The van der Waals surface area contributed by atoms with E-state index in [0.717, 1.165) is 37.4 Å². The Morgan fingerprint density at radius 1 is 1.45 bits per heavy atom. The number of pyridine rings is 1. The lowest BCUT2D eigenvalue weighted by Crippen LogP contribution is -2.28. The molecule has 0 amide bonds. The van der Waals surface area contributed by atoms with Crippen molar-refractivity contribution in [1.29, 1.82) is 0 Å². The maximum atomic E-state index is 11.2. The average molecular weight is 297 g/mol. The Bertz CT molecular complexity index is 528. The third-order valence-electron chi connectivity index (χ3n) is 3.63. The Morgan fingerprint density at radius 2 is 2.25 bits per heavy atom. The number of sulfone groups is 1. The predicted octanol–water partition coefficient (Wildman–Crippen LogP) is 1.17. The lowest BCUT2D eigenvalue weighted by Gasteiger charge is -2.15. The number of hydrogen-bond donors (Lipinski definition) is 1. The molecule has 20 heavy (non-hydrogen) atoms. The summed E-state index contributed by atoms with van der Waals surface area (Å²) in [4.78, 5) is 6.55. The molecule has 2 rings (SSSR count). The minimum atomic E-state index is -2.86. The summed E-state index contributed by atoms with van der Waals surface area (Å²) in [5.74, 6) is 1.73. The Morgan fingerprint density at radius 3 is 2.90 bits per heavy atom. The van der Waals surface area contributed by atoms with Gasteiger partial charge in [-0.3, -0.25) is 0 Å². The molecule has 1 aromatic rings. The molecule has 0 saturated carbocycles. The summed E-state index contributed by atoms with van der Waals surface area (Å²) < 4.78 is 22.3. The van der Waals surface area contributed by atoms with Gasteiger partial charge in [0, 0.05) is 32.1 Å². The quantitative estimate of drug-likeness (QED) is 0.854. The highest BCUT2D eigenvalue weighted by Gasteiger charge is 2.22. The molecule has 0 radical (unpaired) electrons. The summed E-state index contributed by atoms with van der Waals surface area (Å²) in [6.07, 6.45) is 4.27. The lowest BCUT2D eigenvalue weighted by molar-refractivity contribution is 0.345. The van der Waals surface area contributed by atoms with E-state index in [1.807, 2.05) is 25.3 Å². The van der Waals surface area contributed by atoms with Crippen LogP contribution in [0.4, 0.5) is 5.82 Å². The zero-order chi connectivity index (χ0) is 14.6. The first-order chi connectivity index (χ1) is 9.42. The molecule has 5 nitrogen and oxygen atoms in total. The van der Waals surface area contributed by atoms with Gasteiger partial charge in [0.15, 0.2) is 0 Å². The average Bonchev–Trinajstić information content (AvgIpc) is 2.83. The predicted molar refractivity (Wildman–Crippen MR) is 81.7 cm³/mol. The first kappa shape index (κ1) is 15.3. The molecule has 2 heterocycles. The SMILES string of the molecule is Cc1ccc(NC[C@@H]2CCN(CCS(C)(=O)=O)C2)nc1. The molecule has 1 aliphatic heterocycles. The molecule has 0 unspecified atom stereocenters. The van der Waals surface area contributed by atoms with Gasteiger partial charge in [-0.05, 0) is 37.4 Å². The molecule has 112 valence electrons. The summed E-state index contributed by atoms with van der Waals surface area (Å²) in [5, 5.41) is 3.35. The molecule has 0 aliphatic carbocycles. The van der Waals surface area contributed by atoms with Crippen LogP contribution in [-0.4, -0.2) is 56.5 Å². The van der Waals surface area contributed by atoms with Crippen LogP contribution in [0.5, 0.6) is 0 Å². The molecule has 1 aliphatic rings. The summed E-state index contributed by atoms with van der Waals surface area (Å²) in [5.41, 5.74) is 1.16. The van der Waals surface area contributed by atoms with Crippen molar-refractivity contribution in [2.75, 3.05) is 43.5 Å². The Kier molecular flexibility index (Phi) is 4.99. The topological polar surface area (TPSA) is 62.3 Å². The highest BCUT2D eigenvalue weighted by Crippen LogP contribution is 2.16. The van der Waals surface area contributed by atoms with E-state index in [-0.39, 0.29) is 5.75 Å². The number of aryl methyl sites for hydroxylation is 1. The molecular formula is C14H23N3O2S. The second-order valence-corrected chi connectivity index (χ2v) is 7.95. The number of nitrogens with one attached hydrogen (secondary N) is 1. The van der Waals surface area contributed by atoms with Crippen LogP contribution in [-0.2, 0) is 9.84 Å². The van der Waals surface area contributed by atoms with Gasteiger partial charge in [0.05, 0.1) is 5.75 Å². The summed E-state index contributed by atoms with van der Waals surface area (Å²) >= 11 is 0. The van der Waals surface area contributed by atoms with Crippen molar-refractivity contribution in [2.24, 2.45) is 5.92 Å². The molecule has 0 spiro atoms. The van der Waals surface area contributed by atoms with Crippen molar-refractivity contribution in [3.8, 4) is 0 Å². The van der Waals surface area contributed by atoms with Crippen LogP contribution in [0, 0.1) is 12.8 Å². The van der Waals surface area contributed by atoms with Gasteiger partial charge in [-0.2, -0.15) is 0 Å². The number of hydrogen-bond acceptors (Lipinski definition) is 5. The Hall–Kier alpha value is -1.14. The second-order valence-electron chi connectivity index (χ2n) is 5.69. The number of likely N-dealkylation sites (tertiary alicyclic amines) is 1. The number of anilines is 1. The fraction of sp³-hybridized carbons (Fsp3) is 0.643. The maximum absolute atomic E-state index is 11.2. The maximum Gasteiger partial charge on any atom is 0.148 e. The molecule has 0 aromatic carbocycles. The molecule has 1 atom stereocenters.